The van der Waals surface area contributed by atoms with Crippen molar-refractivity contribution >= 4 is 23.6 Å². The van der Waals surface area contributed by atoms with E-state index in [9.17, 15) is 14.0 Å². The van der Waals surface area contributed by atoms with Crippen LogP contribution in [-0.2, 0) is 14.3 Å². The molecule has 1 amide bonds. The number of amides is 1. The molecular formula is C20H20FNO4. The maximum atomic E-state index is 13.6. The molecular weight excluding hydrogens is 337 g/mol. The molecule has 0 spiro atoms. The number of methoxy groups -OCH3 is 1. The van der Waals surface area contributed by atoms with Crippen LogP contribution in [0, 0.1) is 19.7 Å². The molecule has 0 unspecified atom stereocenters. The molecule has 0 saturated carbocycles. The van der Waals surface area contributed by atoms with Gasteiger partial charge >= 0.3 is 5.97 Å². The minimum atomic E-state index is -0.697. The van der Waals surface area contributed by atoms with Gasteiger partial charge < -0.3 is 14.8 Å². The molecule has 2 aromatic rings. The van der Waals surface area contributed by atoms with Gasteiger partial charge in [-0.15, -0.1) is 0 Å². The molecule has 0 atom stereocenters. The van der Waals surface area contributed by atoms with E-state index in [-0.39, 0.29) is 5.75 Å². The van der Waals surface area contributed by atoms with Gasteiger partial charge in [-0.25, -0.2) is 9.18 Å². The fourth-order valence-corrected chi connectivity index (χ4v) is 2.28. The van der Waals surface area contributed by atoms with Gasteiger partial charge in [-0.05, 0) is 49.2 Å². The van der Waals surface area contributed by atoms with E-state index in [4.69, 9.17) is 9.47 Å². The van der Waals surface area contributed by atoms with Crippen LogP contribution in [0.4, 0.5) is 10.1 Å². The molecule has 0 aliphatic rings. The molecule has 5 nitrogen and oxygen atoms in total. The van der Waals surface area contributed by atoms with Crippen molar-refractivity contribution in [3.05, 3.63) is 65.0 Å². The Labute approximate surface area is 151 Å². The third-order valence-electron chi connectivity index (χ3n) is 3.59. The number of esters is 1. The van der Waals surface area contributed by atoms with Crippen LogP contribution in [0.1, 0.15) is 16.7 Å². The predicted molar refractivity (Wildman–Crippen MR) is 97.5 cm³/mol. The smallest absolute Gasteiger partial charge is 0.331 e. The molecule has 0 heterocycles. The van der Waals surface area contributed by atoms with Gasteiger partial charge in [0, 0.05) is 11.8 Å². The van der Waals surface area contributed by atoms with Gasteiger partial charge in [0.05, 0.1) is 7.11 Å². The molecule has 0 bridgehead atoms. The average Bonchev–Trinajstić information content (AvgIpc) is 2.60. The predicted octanol–water partition coefficient (Wildman–Crippen LogP) is 3.65. The number of hydrogen-bond acceptors (Lipinski definition) is 4. The summed E-state index contributed by atoms with van der Waals surface area (Å²) in [7, 11) is 1.37. The minimum absolute atomic E-state index is 0.118. The second-order valence-corrected chi connectivity index (χ2v) is 5.70. The highest BCUT2D eigenvalue weighted by Gasteiger charge is 2.08. The number of halogens is 1. The van der Waals surface area contributed by atoms with Crippen molar-refractivity contribution in [1.82, 2.24) is 0 Å². The number of nitrogens with one attached hydrogen (secondary N) is 1. The lowest BCUT2D eigenvalue weighted by molar-refractivity contribution is -0.142. The topological polar surface area (TPSA) is 64.6 Å². The van der Waals surface area contributed by atoms with E-state index in [0.717, 1.165) is 17.2 Å². The zero-order valence-corrected chi connectivity index (χ0v) is 14.8. The normalized spacial score (nSPS) is 10.6. The second-order valence-electron chi connectivity index (χ2n) is 5.70. The summed E-state index contributed by atoms with van der Waals surface area (Å²) >= 11 is 0. The van der Waals surface area contributed by atoms with Crippen molar-refractivity contribution in [2.24, 2.45) is 0 Å². The quantitative estimate of drug-likeness (QED) is 0.633. The van der Waals surface area contributed by atoms with Gasteiger partial charge in [0.2, 0.25) is 0 Å². The number of carbonyl (C=O) groups is 2. The maximum Gasteiger partial charge on any atom is 0.331 e. The molecule has 26 heavy (non-hydrogen) atoms. The van der Waals surface area contributed by atoms with E-state index >= 15 is 0 Å². The Bertz CT molecular complexity index is 846. The first-order chi connectivity index (χ1) is 12.4. The van der Waals surface area contributed by atoms with Crippen LogP contribution in [0.15, 0.2) is 42.5 Å². The van der Waals surface area contributed by atoms with Crippen molar-refractivity contribution < 1.29 is 23.5 Å². The first-order valence-corrected chi connectivity index (χ1v) is 7.94. The first-order valence-electron chi connectivity index (χ1n) is 7.94. The van der Waals surface area contributed by atoms with Crippen LogP contribution < -0.4 is 10.1 Å². The number of benzene rings is 2. The third-order valence-corrected chi connectivity index (χ3v) is 3.59. The van der Waals surface area contributed by atoms with Gasteiger partial charge in [-0.2, -0.15) is 0 Å². The lowest BCUT2D eigenvalue weighted by atomic mass is 10.1. The Morgan fingerprint density at radius 1 is 1.15 bits per heavy atom. The van der Waals surface area contributed by atoms with Gasteiger partial charge in [-0.1, -0.05) is 23.8 Å². The van der Waals surface area contributed by atoms with Crippen molar-refractivity contribution in [3.8, 4) is 5.75 Å². The SMILES string of the molecule is COc1ccc(/C=C/C(=O)OCC(=O)Nc2ccc(C)cc2C)cc1F. The molecule has 0 radical (unpaired) electrons. The number of anilines is 1. The summed E-state index contributed by atoms with van der Waals surface area (Å²) < 4.78 is 23.3. The van der Waals surface area contributed by atoms with Crippen molar-refractivity contribution in [2.45, 2.75) is 13.8 Å². The minimum Gasteiger partial charge on any atom is -0.494 e. The third kappa shape index (κ3) is 5.44. The second kappa shape index (κ2) is 8.80. The summed E-state index contributed by atoms with van der Waals surface area (Å²) in [6.45, 7) is 3.43. The highest BCUT2D eigenvalue weighted by Crippen LogP contribution is 2.18. The summed E-state index contributed by atoms with van der Waals surface area (Å²) in [5, 5.41) is 2.68. The fraction of sp³-hybridized carbons (Fsp3) is 0.200. The molecule has 2 rings (SSSR count). The van der Waals surface area contributed by atoms with E-state index in [2.05, 4.69) is 5.32 Å². The van der Waals surface area contributed by atoms with E-state index in [1.165, 1.54) is 25.3 Å². The number of aryl methyl sites for hydroxylation is 2. The monoisotopic (exact) mass is 357 g/mol. The van der Waals surface area contributed by atoms with Gasteiger partial charge in [0.15, 0.2) is 18.2 Å². The highest BCUT2D eigenvalue weighted by atomic mass is 19.1. The summed E-state index contributed by atoms with van der Waals surface area (Å²) in [4.78, 5) is 23.6. The molecule has 0 saturated heterocycles. The summed E-state index contributed by atoms with van der Waals surface area (Å²) in [5.74, 6) is -1.55. The van der Waals surface area contributed by atoms with E-state index in [1.54, 1.807) is 12.1 Å². The summed E-state index contributed by atoms with van der Waals surface area (Å²) in [5.41, 5.74) is 3.15. The molecule has 6 heteroatoms. The Balaban J connectivity index is 1.86. The standard InChI is InChI=1S/C20H20FNO4/c1-13-4-7-17(14(2)10-13)22-19(23)12-26-20(24)9-6-15-5-8-18(25-3)16(21)11-15/h4-11H,12H2,1-3H3,(H,22,23)/b9-6+. The van der Waals surface area contributed by atoms with Crippen molar-refractivity contribution in [1.29, 1.82) is 0 Å². The average molecular weight is 357 g/mol. The zero-order valence-electron chi connectivity index (χ0n) is 14.8. The lowest BCUT2D eigenvalue weighted by Gasteiger charge is -2.09. The van der Waals surface area contributed by atoms with Crippen LogP contribution in [0.25, 0.3) is 6.08 Å². The molecule has 0 aliphatic carbocycles. The Kier molecular flexibility index (Phi) is 6.49. The van der Waals surface area contributed by atoms with Crippen molar-refractivity contribution in [3.63, 3.8) is 0 Å². The van der Waals surface area contributed by atoms with Gasteiger partial charge in [0.1, 0.15) is 0 Å². The number of rotatable bonds is 6. The molecule has 0 fully saturated rings. The van der Waals surface area contributed by atoms with Crippen LogP contribution in [0.2, 0.25) is 0 Å². The maximum absolute atomic E-state index is 13.6. The molecule has 136 valence electrons. The summed E-state index contributed by atoms with van der Waals surface area (Å²) in [6, 6.07) is 9.90. The summed E-state index contributed by atoms with van der Waals surface area (Å²) in [6.07, 6.45) is 2.53. The molecule has 2 aromatic carbocycles. The Hall–Kier alpha value is -3.15. The van der Waals surface area contributed by atoms with E-state index in [0.29, 0.717) is 11.3 Å². The van der Waals surface area contributed by atoms with Crippen LogP contribution in [-0.4, -0.2) is 25.6 Å². The molecule has 0 aliphatic heterocycles. The van der Waals surface area contributed by atoms with Crippen LogP contribution >= 0.6 is 0 Å². The number of carbonyl (C=O) groups excluding carboxylic acids is 2. The number of ether oxygens (including phenoxy) is 2. The van der Waals surface area contributed by atoms with Gasteiger partial charge in [0.25, 0.3) is 5.91 Å². The van der Waals surface area contributed by atoms with E-state index in [1.807, 2.05) is 26.0 Å². The Morgan fingerprint density at radius 2 is 1.92 bits per heavy atom. The largest absolute Gasteiger partial charge is 0.494 e. The number of hydrogen-bond donors (Lipinski definition) is 1. The van der Waals surface area contributed by atoms with Gasteiger partial charge in [-0.3, -0.25) is 4.79 Å². The van der Waals surface area contributed by atoms with Crippen LogP contribution in [0.5, 0.6) is 5.75 Å². The Morgan fingerprint density at radius 3 is 2.58 bits per heavy atom. The molecule has 1 N–H and O–H groups in total. The van der Waals surface area contributed by atoms with Crippen LogP contribution in [0.3, 0.4) is 0 Å². The zero-order chi connectivity index (χ0) is 19.1. The molecule has 0 aromatic heterocycles. The first kappa shape index (κ1) is 19.2. The van der Waals surface area contributed by atoms with Crippen molar-refractivity contribution in [2.75, 3.05) is 19.0 Å². The highest BCUT2D eigenvalue weighted by molar-refractivity contribution is 5.95. The van der Waals surface area contributed by atoms with E-state index < -0.39 is 24.3 Å². The fourth-order valence-electron chi connectivity index (χ4n) is 2.28. The lowest BCUT2D eigenvalue weighted by Crippen LogP contribution is -2.20.